The van der Waals surface area contributed by atoms with E-state index in [0.717, 1.165) is 12.8 Å². The molecule has 1 fully saturated rings. The molecule has 0 amide bonds. The van der Waals surface area contributed by atoms with E-state index < -0.39 is 5.97 Å². The van der Waals surface area contributed by atoms with Crippen molar-refractivity contribution < 1.29 is 14.4 Å². The second kappa shape index (κ2) is 4.77. The minimum absolute atomic E-state index is 0.153. The first-order chi connectivity index (χ1) is 6.25. The molecule has 0 heterocycles. The quantitative estimate of drug-likeness (QED) is 0.289. The Hall–Kier alpha value is -1.15. The molecule has 0 aromatic carbocycles. The van der Waals surface area contributed by atoms with E-state index in [9.17, 15) is 9.59 Å². The predicted molar refractivity (Wildman–Crippen MR) is 45.3 cm³/mol. The molecule has 1 aliphatic rings. The molecule has 0 aliphatic heterocycles. The average molecular weight is 183 g/mol. The maximum atomic E-state index is 11.2. The fraction of sp³-hybridized carbons (Fsp3) is 0.778. The normalized spacial score (nSPS) is 19.2. The SMILES string of the molecule is C[C@H](C(=O)ON=C=O)C1CCCC1. The van der Waals surface area contributed by atoms with Crippen molar-refractivity contribution in [2.45, 2.75) is 32.6 Å². The third kappa shape index (κ3) is 2.67. The standard InChI is InChI=1S/C9H13NO3/c1-7(8-4-2-3-5-8)9(12)13-10-6-11/h7-8H,2-5H2,1H3/t7-/m0/s1. The fourth-order valence-electron chi connectivity index (χ4n) is 1.80. The minimum atomic E-state index is -0.421. The highest BCUT2D eigenvalue weighted by Crippen LogP contribution is 2.31. The van der Waals surface area contributed by atoms with E-state index >= 15 is 0 Å². The van der Waals surface area contributed by atoms with Crippen LogP contribution in [0.25, 0.3) is 0 Å². The zero-order valence-electron chi connectivity index (χ0n) is 7.66. The molecule has 4 nitrogen and oxygen atoms in total. The van der Waals surface area contributed by atoms with E-state index in [-0.39, 0.29) is 5.92 Å². The summed E-state index contributed by atoms with van der Waals surface area (Å²) in [6, 6.07) is 0. The maximum absolute atomic E-state index is 11.2. The molecule has 0 radical (unpaired) electrons. The van der Waals surface area contributed by atoms with Gasteiger partial charge < -0.3 is 4.84 Å². The highest BCUT2D eigenvalue weighted by atomic mass is 16.7. The van der Waals surface area contributed by atoms with Crippen LogP contribution in [0.3, 0.4) is 0 Å². The van der Waals surface area contributed by atoms with Gasteiger partial charge in [-0.15, -0.1) is 0 Å². The van der Waals surface area contributed by atoms with Crippen molar-refractivity contribution in [2.24, 2.45) is 17.0 Å². The second-order valence-corrected chi connectivity index (χ2v) is 3.43. The van der Waals surface area contributed by atoms with Gasteiger partial charge in [-0.2, -0.15) is 0 Å². The maximum Gasteiger partial charge on any atom is 0.339 e. The lowest BCUT2D eigenvalue weighted by atomic mass is 9.93. The molecule has 0 unspecified atom stereocenters. The first-order valence-electron chi connectivity index (χ1n) is 4.53. The van der Waals surface area contributed by atoms with Gasteiger partial charge in [0.05, 0.1) is 5.92 Å². The molecule has 1 rings (SSSR count). The topological polar surface area (TPSA) is 55.7 Å². The van der Waals surface area contributed by atoms with Crippen LogP contribution in [0.4, 0.5) is 0 Å². The molecule has 1 aliphatic carbocycles. The molecule has 0 aromatic heterocycles. The van der Waals surface area contributed by atoms with Gasteiger partial charge in [0.15, 0.2) is 0 Å². The first-order valence-corrected chi connectivity index (χ1v) is 4.53. The van der Waals surface area contributed by atoms with Gasteiger partial charge in [-0.1, -0.05) is 19.8 Å². The van der Waals surface area contributed by atoms with Gasteiger partial charge in [0, 0.05) is 5.16 Å². The minimum Gasteiger partial charge on any atom is -0.306 e. The third-order valence-corrected chi connectivity index (χ3v) is 2.65. The smallest absolute Gasteiger partial charge is 0.306 e. The van der Waals surface area contributed by atoms with Gasteiger partial charge in [-0.3, -0.25) is 0 Å². The summed E-state index contributed by atoms with van der Waals surface area (Å²) in [5.41, 5.74) is 0. The van der Waals surface area contributed by atoms with Crippen molar-refractivity contribution in [1.29, 1.82) is 0 Å². The molecule has 1 saturated carbocycles. The van der Waals surface area contributed by atoms with E-state index in [1.807, 2.05) is 6.92 Å². The summed E-state index contributed by atoms with van der Waals surface area (Å²) in [6.07, 6.45) is 5.68. The van der Waals surface area contributed by atoms with Crippen molar-refractivity contribution in [2.75, 3.05) is 0 Å². The Bertz CT molecular complexity index is 227. The lowest BCUT2D eigenvalue weighted by Gasteiger charge is -2.14. The van der Waals surface area contributed by atoms with Gasteiger partial charge in [0.2, 0.25) is 0 Å². The Kier molecular flexibility index (Phi) is 3.65. The predicted octanol–water partition coefficient (Wildman–Crippen LogP) is 1.61. The zero-order valence-corrected chi connectivity index (χ0v) is 7.66. The number of rotatable bonds is 3. The van der Waals surface area contributed by atoms with Crippen molar-refractivity contribution in [3.63, 3.8) is 0 Å². The number of hydrogen-bond donors (Lipinski definition) is 0. The highest BCUT2D eigenvalue weighted by molar-refractivity contribution is 5.72. The zero-order chi connectivity index (χ0) is 9.68. The van der Waals surface area contributed by atoms with E-state index in [4.69, 9.17) is 0 Å². The summed E-state index contributed by atoms with van der Waals surface area (Å²) in [4.78, 5) is 25.2. The number of isocyanates is 1. The summed E-state index contributed by atoms with van der Waals surface area (Å²) in [7, 11) is 0. The van der Waals surface area contributed by atoms with Crippen LogP contribution in [0.15, 0.2) is 5.16 Å². The summed E-state index contributed by atoms with van der Waals surface area (Å²) >= 11 is 0. The monoisotopic (exact) mass is 183 g/mol. The van der Waals surface area contributed by atoms with Crippen LogP contribution in [-0.2, 0) is 14.4 Å². The van der Waals surface area contributed by atoms with Crippen molar-refractivity contribution in [1.82, 2.24) is 0 Å². The number of carbonyl (C=O) groups excluding carboxylic acids is 2. The first kappa shape index (κ1) is 9.93. The molecule has 0 aromatic rings. The van der Waals surface area contributed by atoms with Crippen LogP contribution in [0.1, 0.15) is 32.6 Å². The Balaban J connectivity index is 2.40. The van der Waals surface area contributed by atoms with Crippen molar-refractivity contribution in [3.8, 4) is 0 Å². The Morgan fingerprint density at radius 1 is 1.54 bits per heavy atom. The average Bonchev–Trinajstić information content (AvgIpc) is 2.65. The molecule has 0 saturated heterocycles. The lowest BCUT2D eigenvalue weighted by Crippen LogP contribution is -2.19. The van der Waals surface area contributed by atoms with Crippen LogP contribution in [0.5, 0.6) is 0 Å². The largest absolute Gasteiger partial charge is 0.339 e. The van der Waals surface area contributed by atoms with Gasteiger partial charge in [-0.05, 0) is 18.8 Å². The van der Waals surface area contributed by atoms with Crippen molar-refractivity contribution >= 4 is 12.0 Å². The Labute approximate surface area is 76.9 Å². The van der Waals surface area contributed by atoms with Gasteiger partial charge in [0.25, 0.3) is 6.08 Å². The van der Waals surface area contributed by atoms with Crippen LogP contribution in [0.2, 0.25) is 0 Å². The van der Waals surface area contributed by atoms with Crippen LogP contribution >= 0.6 is 0 Å². The lowest BCUT2D eigenvalue weighted by molar-refractivity contribution is -0.149. The molecular weight excluding hydrogens is 170 g/mol. The van der Waals surface area contributed by atoms with E-state index in [1.165, 1.54) is 18.9 Å². The van der Waals surface area contributed by atoms with Crippen LogP contribution in [-0.4, -0.2) is 12.0 Å². The molecule has 1 atom stereocenters. The Morgan fingerprint density at radius 3 is 2.69 bits per heavy atom. The number of hydrogen-bond acceptors (Lipinski definition) is 4. The summed E-state index contributed by atoms with van der Waals surface area (Å²) in [6.45, 7) is 1.82. The van der Waals surface area contributed by atoms with Gasteiger partial charge >= 0.3 is 5.97 Å². The van der Waals surface area contributed by atoms with E-state index in [0.29, 0.717) is 5.92 Å². The highest BCUT2D eigenvalue weighted by Gasteiger charge is 2.28. The molecule has 0 spiro atoms. The molecule has 13 heavy (non-hydrogen) atoms. The number of carbonyl (C=O) groups is 1. The third-order valence-electron chi connectivity index (χ3n) is 2.65. The summed E-state index contributed by atoms with van der Waals surface area (Å²) < 4.78 is 0. The number of nitrogens with zero attached hydrogens (tertiary/aromatic N) is 1. The van der Waals surface area contributed by atoms with Gasteiger partial charge in [-0.25, -0.2) is 9.59 Å². The van der Waals surface area contributed by atoms with Crippen LogP contribution in [0, 0.1) is 11.8 Å². The summed E-state index contributed by atoms with van der Waals surface area (Å²) in [5.74, 6) is -0.177. The molecule has 4 heteroatoms. The Morgan fingerprint density at radius 2 is 2.15 bits per heavy atom. The van der Waals surface area contributed by atoms with E-state index in [1.54, 1.807) is 0 Å². The fourth-order valence-corrected chi connectivity index (χ4v) is 1.80. The summed E-state index contributed by atoms with van der Waals surface area (Å²) in [5, 5.41) is 2.81. The van der Waals surface area contributed by atoms with Gasteiger partial charge in [0.1, 0.15) is 0 Å². The second-order valence-electron chi connectivity index (χ2n) is 3.43. The van der Waals surface area contributed by atoms with Crippen LogP contribution < -0.4 is 0 Å². The molecule has 0 N–H and O–H groups in total. The molecular formula is C9H13NO3. The van der Waals surface area contributed by atoms with Crippen molar-refractivity contribution in [3.05, 3.63) is 0 Å². The molecule has 72 valence electrons. The molecule has 0 bridgehead atoms. The van der Waals surface area contributed by atoms with E-state index in [2.05, 4.69) is 9.99 Å².